The molecule has 0 fully saturated rings. The Hall–Kier alpha value is -1.30. The highest BCUT2D eigenvalue weighted by molar-refractivity contribution is 5.36. The molecule has 0 saturated heterocycles. The van der Waals surface area contributed by atoms with Gasteiger partial charge < -0.3 is 0 Å². The highest BCUT2D eigenvalue weighted by Gasteiger charge is 2.08. The second kappa shape index (κ2) is 3.40. The third kappa shape index (κ3) is 1.48. The summed E-state index contributed by atoms with van der Waals surface area (Å²) in [5.41, 5.74) is 1.41. The van der Waals surface area contributed by atoms with Crippen LogP contribution in [0.15, 0.2) is 60.3 Å². The number of hydrogen-bond donors (Lipinski definition) is 0. The first-order valence-corrected chi connectivity index (χ1v) is 4.35. The topological polar surface area (TPSA) is 0 Å². The van der Waals surface area contributed by atoms with Gasteiger partial charge in [-0.3, -0.25) is 0 Å². The van der Waals surface area contributed by atoms with Gasteiger partial charge in [0.05, 0.1) is 0 Å². The molecule has 0 aromatic rings. The fraction of sp³-hybridized carbons (Fsp3) is 0.167. The van der Waals surface area contributed by atoms with Gasteiger partial charge in [-0.05, 0) is 12.0 Å². The predicted molar refractivity (Wildman–Crippen MR) is 52.8 cm³/mol. The van der Waals surface area contributed by atoms with Crippen LogP contribution in [0.1, 0.15) is 6.42 Å². The van der Waals surface area contributed by atoms with E-state index >= 15 is 0 Å². The van der Waals surface area contributed by atoms with Gasteiger partial charge in [-0.15, -0.1) is 0 Å². The highest BCUT2D eigenvalue weighted by Crippen LogP contribution is 2.23. The minimum atomic E-state index is 0.594. The number of hydrogen-bond acceptors (Lipinski definition) is 0. The van der Waals surface area contributed by atoms with E-state index in [4.69, 9.17) is 0 Å². The van der Waals surface area contributed by atoms with E-state index in [0.29, 0.717) is 5.92 Å². The molecule has 2 aliphatic carbocycles. The van der Waals surface area contributed by atoms with Gasteiger partial charge in [-0.2, -0.15) is 0 Å². The molecule has 0 aromatic heterocycles. The van der Waals surface area contributed by atoms with Crippen LogP contribution in [0.2, 0.25) is 0 Å². The molecular formula is C12H12. The van der Waals surface area contributed by atoms with Crippen LogP contribution in [-0.4, -0.2) is 0 Å². The molecule has 0 heteroatoms. The van der Waals surface area contributed by atoms with Gasteiger partial charge in [0.25, 0.3) is 0 Å². The monoisotopic (exact) mass is 156 g/mol. The van der Waals surface area contributed by atoms with E-state index in [9.17, 15) is 0 Å². The summed E-state index contributed by atoms with van der Waals surface area (Å²) in [6.45, 7) is 0. The molecule has 0 amide bonds. The van der Waals surface area contributed by atoms with Crippen LogP contribution in [0.5, 0.6) is 0 Å². The van der Waals surface area contributed by atoms with Gasteiger partial charge in [0.1, 0.15) is 0 Å². The van der Waals surface area contributed by atoms with Crippen LogP contribution in [-0.2, 0) is 0 Å². The smallest absolute Gasteiger partial charge is 0.00557 e. The summed E-state index contributed by atoms with van der Waals surface area (Å²) in [4.78, 5) is 0. The fourth-order valence-corrected chi connectivity index (χ4v) is 1.53. The summed E-state index contributed by atoms with van der Waals surface area (Å²) >= 11 is 0. The lowest BCUT2D eigenvalue weighted by molar-refractivity contribution is 0.784. The minimum absolute atomic E-state index is 0.594. The van der Waals surface area contributed by atoms with Crippen molar-refractivity contribution in [3.8, 4) is 0 Å². The molecule has 0 radical (unpaired) electrons. The Balaban J connectivity index is 2.33. The van der Waals surface area contributed by atoms with E-state index in [-0.39, 0.29) is 0 Å². The summed E-state index contributed by atoms with van der Waals surface area (Å²) in [5, 5.41) is 0. The molecule has 1 unspecified atom stereocenters. The molecule has 0 saturated carbocycles. The third-order valence-corrected chi connectivity index (χ3v) is 2.21. The average molecular weight is 156 g/mol. The van der Waals surface area contributed by atoms with Crippen molar-refractivity contribution in [2.75, 3.05) is 0 Å². The van der Waals surface area contributed by atoms with E-state index in [0.717, 1.165) is 6.42 Å². The van der Waals surface area contributed by atoms with Crippen molar-refractivity contribution < 1.29 is 0 Å². The molecule has 0 aliphatic heterocycles. The van der Waals surface area contributed by atoms with Crippen molar-refractivity contribution in [1.82, 2.24) is 0 Å². The Labute approximate surface area is 73.3 Å². The summed E-state index contributed by atoms with van der Waals surface area (Å²) in [7, 11) is 0. The molecule has 2 aliphatic rings. The Morgan fingerprint density at radius 2 is 1.92 bits per heavy atom. The second-order valence-corrected chi connectivity index (χ2v) is 3.07. The van der Waals surface area contributed by atoms with Crippen molar-refractivity contribution >= 4 is 0 Å². The Bertz CT molecular complexity index is 298. The Morgan fingerprint density at radius 1 is 1.00 bits per heavy atom. The predicted octanol–water partition coefficient (Wildman–Crippen LogP) is 3.17. The third-order valence-electron chi connectivity index (χ3n) is 2.21. The summed E-state index contributed by atoms with van der Waals surface area (Å²) in [5.74, 6) is 0.594. The first-order valence-electron chi connectivity index (χ1n) is 4.35. The van der Waals surface area contributed by atoms with E-state index in [1.165, 1.54) is 5.57 Å². The average Bonchev–Trinajstić information content (AvgIpc) is 2.06. The molecule has 12 heavy (non-hydrogen) atoms. The number of fused-ring (bicyclic) bond motifs is 1. The summed E-state index contributed by atoms with van der Waals surface area (Å²) < 4.78 is 0. The maximum Gasteiger partial charge on any atom is 0.00557 e. The standard InChI is InChI=1S/C12H12/c1-2-4-8-12-10-6-5-9-11(12)7-3-1/h1-9,12H,10H2/b2-1-,7-3-,8-4-. The lowest BCUT2D eigenvalue weighted by atomic mass is 9.90. The molecule has 2 rings (SSSR count). The van der Waals surface area contributed by atoms with Gasteiger partial charge in [0.2, 0.25) is 0 Å². The number of allylic oxidation sites excluding steroid dienone is 10. The van der Waals surface area contributed by atoms with Gasteiger partial charge in [-0.25, -0.2) is 0 Å². The number of rotatable bonds is 0. The zero-order valence-corrected chi connectivity index (χ0v) is 6.98. The van der Waals surface area contributed by atoms with E-state index < -0.39 is 0 Å². The van der Waals surface area contributed by atoms with Crippen molar-refractivity contribution in [2.45, 2.75) is 6.42 Å². The lowest BCUT2D eigenvalue weighted by Gasteiger charge is -2.15. The molecule has 1 atom stereocenters. The molecule has 0 aromatic carbocycles. The first kappa shape index (κ1) is 7.35. The van der Waals surface area contributed by atoms with Crippen LogP contribution in [0.3, 0.4) is 0 Å². The zero-order valence-electron chi connectivity index (χ0n) is 6.98. The van der Waals surface area contributed by atoms with Crippen molar-refractivity contribution in [3.05, 3.63) is 60.3 Å². The van der Waals surface area contributed by atoms with E-state index in [1.807, 2.05) is 0 Å². The van der Waals surface area contributed by atoms with Crippen LogP contribution >= 0.6 is 0 Å². The highest BCUT2D eigenvalue weighted by atomic mass is 14.1. The van der Waals surface area contributed by atoms with E-state index in [2.05, 4.69) is 54.7 Å². The second-order valence-electron chi connectivity index (χ2n) is 3.07. The fourth-order valence-electron chi connectivity index (χ4n) is 1.53. The SMILES string of the molecule is C1=CCC2\C=C/C=C\C=C/C2=C1. The quantitative estimate of drug-likeness (QED) is 0.505. The van der Waals surface area contributed by atoms with Crippen molar-refractivity contribution in [1.29, 1.82) is 0 Å². The molecule has 0 heterocycles. The van der Waals surface area contributed by atoms with Crippen LogP contribution in [0, 0.1) is 5.92 Å². The Kier molecular flexibility index (Phi) is 2.08. The molecule has 0 N–H and O–H groups in total. The molecular weight excluding hydrogens is 144 g/mol. The van der Waals surface area contributed by atoms with Crippen LogP contribution < -0.4 is 0 Å². The van der Waals surface area contributed by atoms with E-state index in [1.54, 1.807) is 0 Å². The first-order chi connectivity index (χ1) is 5.97. The zero-order chi connectivity index (χ0) is 8.23. The maximum atomic E-state index is 2.26. The van der Waals surface area contributed by atoms with Crippen LogP contribution in [0.4, 0.5) is 0 Å². The molecule has 0 nitrogen and oxygen atoms in total. The molecule has 60 valence electrons. The minimum Gasteiger partial charge on any atom is -0.0836 e. The largest absolute Gasteiger partial charge is 0.0836 e. The van der Waals surface area contributed by atoms with Gasteiger partial charge >= 0.3 is 0 Å². The molecule has 0 bridgehead atoms. The van der Waals surface area contributed by atoms with Gasteiger partial charge in [0.15, 0.2) is 0 Å². The maximum absolute atomic E-state index is 2.26. The van der Waals surface area contributed by atoms with Crippen molar-refractivity contribution in [3.63, 3.8) is 0 Å². The van der Waals surface area contributed by atoms with Crippen molar-refractivity contribution in [2.24, 2.45) is 5.92 Å². The molecule has 0 spiro atoms. The normalized spacial score (nSPS) is 34.0. The van der Waals surface area contributed by atoms with Crippen LogP contribution in [0.25, 0.3) is 0 Å². The lowest BCUT2D eigenvalue weighted by Crippen LogP contribution is -2.00. The summed E-state index contributed by atoms with van der Waals surface area (Å²) in [6.07, 6.45) is 20.5. The van der Waals surface area contributed by atoms with Gasteiger partial charge in [0, 0.05) is 5.92 Å². The van der Waals surface area contributed by atoms with Gasteiger partial charge in [-0.1, -0.05) is 54.7 Å². The Morgan fingerprint density at radius 3 is 2.92 bits per heavy atom. The summed E-state index contributed by atoms with van der Waals surface area (Å²) in [6, 6.07) is 0.